The van der Waals surface area contributed by atoms with Crippen molar-refractivity contribution < 1.29 is 0 Å². The maximum Gasteiger partial charge on any atom is 0.0662 e. The number of unbranched alkanes of at least 4 members (excludes halogenated alkanes) is 1. The Morgan fingerprint density at radius 1 is 1.35 bits per heavy atom. The van der Waals surface area contributed by atoms with Gasteiger partial charge >= 0.3 is 0 Å². The third-order valence-corrected chi connectivity index (χ3v) is 2.89. The van der Waals surface area contributed by atoms with Gasteiger partial charge < -0.3 is 0 Å². The van der Waals surface area contributed by atoms with Crippen molar-refractivity contribution in [1.29, 1.82) is 0 Å². The van der Waals surface area contributed by atoms with Crippen LogP contribution in [0, 0.1) is 0 Å². The van der Waals surface area contributed by atoms with E-state index in [0.717, 1.165) is 41.1 Å². The molecular weight excluding hydrogens is 226 g/mol. The number of allylic oxidation sites excluding steroid dienone is 3. The van der Waals surface area contributed by atoms with Gasteiger partial charge in [0.25, 0.3) is 0 Å². The molecule has 0 aliphatic heterocycles. The molecule has 0 bridgehead atoms. The third-order valence-electron chi connectivity index (χ3n) is 2.58. The Hall–Kier alpha value is -1.02. The minimum absolute atomic E-state index is 0.973. The van der Waals surface area contributed by atoms with E-state index in [1.165, 1.54) is 0 Å². The lowest BCUT2D eigenvalue weighted by Crippen LogP contribution is -1.91. The van der Waals surface area contributed by atoms with Gasteiger partial charge in [-0.1, -0.05) is 32.4 Å². The van der Waals surface area contributed by atoms with Crippen molar-refractivity contribution in [2.24, 2.45) is 0 Å². The van der Waals surface area contributed by atoms with E-state index in [4.69, 9.17) is 0 Å². The molecule has 0 aromatic carbocycles. The van der Waals surface area contributed by atoms with Gasteiger partial charge in [-0.25, -0.2) is 0 Å². The van der Waals surface area contributed by atoms with Crippen LogP contribution in [0.3, 0.4) is 0 Å². The van der Waals surface area contributed by atoms with E-state index in [2.05, 4.69) is 62.7 Å². The molecule has 0 fully saturated rings. The molecular formula is C15H21NS. The van der Waals surface area contributed by atoms with Crippen molar-refractivity contribution in [3.63, 3.8) is 0 Å². The first kappa shape index (κ1) is 14.0. The highest BCUT2D eigenvalue weighted by Gasteiger charge is 1.99. The summed E-state index contributed by atoms with van der Waals surface area (Å²) in [5, 5.41) is 0. The minimum Gasteiger partial charge on any atom is -0.253 e. The van der Waals surface area contributed by atoms with Gasteiger partial charge in [0.1, 0.15) is 0 Å². The number of rotatable bonds is 5. The number of aryl methyl sites for hydroxylation is 1. The molecule has 0 aliphatic carbocycles. The first-order chi connectivity index (χ1) is 8.17. The SMILES string of the molecule is CCC/C=C(S)\C=C(/C)c1cccc(CC)n1. The summed E-state index contributed by atoms with van der Waals surface area (Å²) in [6.07, 6.45) is 7.43. The molecule has 0 N–H and O–H groups in total. The van der Waals surface area contributed by atoms with Crippen LogP contribution in [0.1, 0.15) is 45.0 Å². The number of nitrogens with zero attached hydrogens (tertiary/aromatic N) is 1. The van der Waals surface area contributed by atoms with Gasteiger partial charge in [0.15, 0.2) is 0 Å². The van der Waals surface area contributed by atoms with Crippen LogP contribution in [-0.2, 0) is 6.42 Å². The van der Waals surface area contributed by atoms with Gasteiger partial charge in [0.05, 0.1) is 5.69 Å². The van der Waals surface area contributed by atoms with Crippen LogP contribution in [-0.4, -0.2) is 4.98 Å². The lowest BCUT2D eigenvalue weighted by atomic mass is 10.1. The van der Waals surface area contributed by atoms with Crippen molar-refractivity contribution in [2.75, 3.05) is 0 Å². The molecule has 0 radical (unpaired) electrons. The van der Waals surface area contributed by atoms with Crippen LogP contribution in [0.2, 0.25) is 0 Å². The van der Waals surface area contributed by atoms with Gasteiger partial charge in [-0.05, 0) is 43.5 Å². The summed E-state index contributed by atoms with van der Waals surface area (Å²) in [6.45, 7) is 6.37. The predicted molar refractivity (Wildman–Crippen MR) is 79.2 cm³/mol. The summed E-state index contributed by atoms with van der Waals surface area (Å²) in [4.78, 5) is 5.62. The second-order valence-corrected chi connectivity index (χ2v) is 4.63. The smallest absolute Gasteiger partial charge is 0.0662 e. The van der Waals surface area contributed by atoms with Crippen LogP contribution in [0.5, 0.6) is 0 Å². The van der Waals surface area contributed by atoms with Crippen LogP contribution >= 0.6 is 12.6 Å². The molecule has 0 saturated carbocycles. The van der Waals surface area contributed by atoms with E-state index in [-0.39, 0.29) is 0 Å². The average molecular weight is 247 g/mol. The Morgan fingerprint density at radius 2 is 2.12 bits per heavy atom. The van der Waals surface area contributed by atoms with E-state index in [1.54, 1.807) is 0 Å². The zero-order chi connectivity index (χ0) is 12.7. The van der Waals surface area contributed by atoms with E-state index < -0.39 is 0 Å². The standard InChI is InChI=1S/C15H21NS/c1-4-6-9-14(17)11-12(3)15-10-7-8-13(5-2)16-15/h7-11,17H,4-6H2,1-3H3/b12-11+,14-9+. The van der Waals surface area contributed by atoms with Crippen LogP contribution < -0.4 is 0 Å². The second kappa shape index (κ2) is 7.33. The largest absolute Gasteiger partial charge is 0.253 e. The Kier molecular flexibility index (Phi) is 6.06. The highest BCUT2D eigenvalue weighted by molar-refractivity contribution is 7.84. The Labute approximate surface area is 110 Å². The maximum atomic E-state index is 4.60. The number of aromatic nitrogens is 1. The molecule has 0 saturated heterocycles. The van der Waals surface area contributed by atoms with Gasteiger partial charge in [-0.3, -0.25) is 4.98 Å². The maximum absolute atomic E-state index is 4.60. The summed E-state index contributed by atoms with van der Waals surface area (Å²) in [5.74, 6) is 0. The lowest BCUT2D eigenvalue weighted by Gasteiger charge is -2.03. The zero-order valence-corrected chi connectivity index (χ0v) is 11.8. The van der Waals surface area contributed by atoms with Gasteiger partial charge in [0.2, 0.25) is 0 Å². The summed E-state index contributed by atoms with van der Waals surface area (Å²) in [5.41, 5.74) is 3.34. The molecule has 1 aromatic heterocycles. The van der Waals surface area contributed by atoms with E-state index in [9.17, 15) is 0 Å². The van der Waals surface area contributed by atoms with E-state index in [0.29, 0.717) is 0 Å². The van der Waals surface area contributed by atoms with Gasteiger partial charge in [-0.2, -0.15) is 0 Å². The number of thiol groups is 1. The monoisotopic (exact) mass is 247 g/mol. The molecule has 0 aliphatic rings. The molecule has 17 heavy (non-hydrogen) atoms. The van der Waals surface area contributed by atoms with Crippen LogP contribution in [0.25, 0.3) is 5.57 Å². The van der Waals surface area contributed by atoms with E-state index in [1.807, 2.05) is 6.07 Å². The molecule has 1 nitrogen and oxygen atoms in total. The highest BCUT2D eigenvalue weighted by Crippen LogP contribution is 2.16. The average Bonchev–Trinajstić information content (AvgIpc) is 2.36. The first-order valence-corrected chi connectivity index (χ1v) is 6.65. The number of pyridine rings is 1. The highest BCUT2D eigenvalue weighted by atomic mass is 32.1. The Bertz CT molecular complexity index is 419. The Morgan fingerprint density at radius 3 is 2.76 bits per heavy atom. The van der Waals surface area contributed by atoms with E-state index >= 15 is 0 Å². The fourth-order valence-corrected chi connectivity index (χ4v) is 1.87. The first-order valence-electron chi connectivity index (χ1n) is 6.21. The fourth-order valence-electron chi connectivity index (χ4n) is 1.54. The molecule has 0 amide bonds. The molecule has 0 unspecified atom stereocenters. The fraction of sp³-hybridized carbons (Fsp3) is 0.400. The summed E-state index contributed by atoms with van der Waals surface area (Å²) in [6, 6.07) is 6.17. The lowest BCUT2D eigenvalue weighted by molar-refractivity contribution is 0.957. The second-order valence-electron chi connectivity index (χ2n) is 4.11. The number of hydrogen-bond acceptors (Lipinski definition) is 2. The van der Waals surface area contributed by atoms with Gasteiger partial charge in [0, 0.05) is 10.6 Å². The molecule has 92 valence electrons. The van der Waals surface area contributed by atoms with Crippen molar-refractivity contribution in [3.8, 4) is 0 Å². The predicted octanol–water partition coefficient (Wildman–Crippen LogP) is 4.66. The van der Waals surface area contributed by atoms with Crippen molar-refractivity contribution in [1.82, 2.24) is 4.98 Å². The summed E-state index contributed by atoms with van der Waals surface area (Å²) >= 11 is 4.46. The summed E-state index contributed by atoms with van der Waals surface area (Å²) in [7, 11) is 0. The van der Waals surface area contributed by atoms with Crippen LogP contribution in [0.15, 0.2) is 35.3 Å². The topological polar surface area (TPSA) is 12.9 Å². The van der Waals surface area contributed by atoms with Crippen LogP contribution in [0.4, 0.5) is 0 Å². The molecule has 0 spiro atoms. The van der Waals surface area contributed by atoms with Gasteiger partial charge in [-0.15, -0.1) is 12.6 Å². The molecule has 1 rings (SSSR count). The van der Waals surface area contributed by atoms with Crippen molar-refractivity contribution in [3.05, 3.63) is 46.6 Å². The van der Waals surface area contributed by atoms with Crippen molar-refractivity contribution >= 4 is 18.2 Å². The zero-order valence-electron chi connectivity index (χ0n) is 10.9. The third kappa shape index (κ3) is 4.78. The normalized spacial score (nSPS) is 12.9. The Balaban J connectivity index is 2.87. The quantitative estimate of drug-likeness (QED) is 0.590. The minimum atomic E-state index is 0.973. The molecule has 0 atom stereocenters. The molecule has 1 heterocycles. The molecule has 1 aromatic rings. The molecule has 2 heteroatoms. The summed E-state index contributed by atoms with van der Waals surface area (Å²) < 4.78 is 0. The van der Waals surface area contributed by atoms with Crippen molar-refractivity contribution in [2.45, 2.75) is 40.0 Å². The number of hydrogen-bond donors (Lipinski definition) is 1.